The summed E-state index contributed by atoms with van der Waals surface area (Å²) in [5.41, 5.74) is 0.310. The lowest BCUT2D eigenvalue weighted by atomic mass is 9.96. The van der Waals surface area contributed by atoms with Gasteiger partial charge in [-0.15, -0.1) is 0 Å². The molecule has 1 atom stereocenters. The summed E-state index contributed by atoms with van der Waals surface area (Å²) in [5, 5.41) is 11.6. The van der Waals surface area contributed by atoms with Crippen LogP contribution in [0.15, 0.2) is 30.3 Å². The van der Waals surface area contributed by atoms with Crippen molar-refractivity contribution in [2.45, 2.75) is 38.7 Å². The van der Waals surface area contributed by atoms with Crippen molar-refractivity contribution in [1.82, 2.24) is 5.32 Å². The van der Waals surface area contributed by atoms with Crippen LogP contribution in [0.1, 0.15) is 38.7 Å². The lowest BCUT2D eigenvalue weighted by Gasteiger charge is -2.21. The second-order valence-corrected chi connectivity index (χ2v) is 5.59. The van der Waals surface area contributed by atoms with Gasteiger partial charge in [0.05, 0.1) is 6.42 Å². The molecule has 0 saturated carbocycles. The Labute approximate surface area is 118 Å². The second kappa shape index (κ2) is 6.93. The molecule has 0 aliphatic carbocycles. The highest BCUT2D eigenvalue weighted by Gasteiger charge is 2.19. The van der Waals surface area contributed by atoms with E-state index in [1.54, 1.807) is 20.8 Å². The van der Waals surface area contributed by atoms with E-state index >= 15 is 0 Å². The molecular formula is C15H21NO4. The predicted octanol–water partition coefficient (Wildman–Crippen LogP) is 2.77. The van der Waals surface area contributed by atoms with Gasteiger partial charge in [0.25, 0.3) is 0 Å². The van der Waals surface area contributed by atoms with Crippen molar-refractivity contribution >= 4 is 12.1 Å². The Morgan fingerprint density at radius 1 is 1.25 bits per heavy atom. The highest BCUT2D eigenvalue weighted by atomic mass is 16.6. The SMILES string of the molecule is CC(C)(C)OC(=O)NC[C@H](CC(=O)O)c1ccccc1. The van der Waals surface area contributed by atoms with Crippen LogP contribution in [0.2, 0.25) is 0 Å². The average molecular weight is 279 g/mol. The molecule has 0 fully saturated rings. The normalized spacial score (nSPS) is 12.6. The van der Waals surface area contributed by atoms with Crippen LogP contribution in [0.3, 0.4) is 0 Å². The number of hydrogen-bond acceptors (Lipinski definition) is 3. The molecule has 5 heteroatoms. The van der Waals surface area contributed by atoms with Gasteiger partial charge in [-0.1, -0.05) is 30.3 Å². The number of carbonyl (C=O) groups excluding carboxylic acids is 1. The van der Waals surface area contributed by atoms with Gasteiger partial charge in [0.1, 0.15) is 5.60 Å². The van der Waals surface area contributed by atoms with Crippen LogP contribution in [-0.4, -0.2) is 29.3 Å². The van der Waals surface area contributed by atoms with E-state index in [1.165, 1.54) is 0 Å². The minimum atomic E-state index is -0.898. The summed E-state index contributed by atoms with van der Waals surface area (Å²) in [6.07, 6.45) is -0.580. The summed E-state index contributed by atoms with van der Waals surface area (Å²) in [4.78, 5) is 22.5. The van der Waals surface area contributed by atoms with Gasteiger partial charge in [-0.2, -0.15) is 0 Å². The lowest BCUT2D eigenvalue weighted by Crippen LogP contribution is -2.35. The van der Waals surface area contributed by atoms with Crippen molar-refractivity contribution in [3.05, 3.63) is 35.9 Å². The van der Waals surface area contributed by atoms with Crippen molar-refractivity contribution < 1.29 is 19.4 Å². The number of alkyl carbamates (subject to hydrolysis) is 1. The first-order chi connectivity index (χ1) is 9.28. The van der Waals surface area contributed by atoms with Crippen molar-refractivity contribution in [1.29, 1.82) is 0 Å². The van der Waals surface area contributed by atoms with Crippen LogP contribution in [0, 0.1) is 0 Å². The van der Waals surface area contributed by atoms with E-state index < -0.39 is 17.7 Å². The third-order valence-corrected chi connectivity index (χ3v) is 2.58. The molecule has 1 rings (SSSR count). The van der Waals surface area contributed by atoms with Crippen molar-refractivity contribution in [2.75, 3.05) is 6.54 Å². The van der Waals surface area contributed by atoms with Crippen LogP contribution in [0.25, 0.3) is 0 Å². The Kier molecular flexibility index (Phi) is 5.55. The zero-order valence-corrected chi connectivity index (χ0v) is 12.1. The number of amides is 1. The largest absolute Gasteiger partial charge is 0.481 e. The summed E-state index contributed by atoms with van der Waals surface area (Å²) in [6, 6.07) is 9.26. The van der Waals surface area contributed by atoms with Crippen molar-refractivity contribution in [2.24, 2.45) is 0 Å². The summed E-state index contributed by atoms with van der Waals surface area (Å²) in [7, 11) is 0. The summed E-state index contributed by atoms with van der Waals surface area (Å²) >= 11 is 0. The van der Waals surface area contributed by atoms with Gasteiger partial charge < -0.3 is 15.2 Å². The van der Waals surface area contributed by atoms with E-state index in [1.807, 2.05) is 30.3 Å². The molecule has 0 bridgehead atoms. The molecule has 0 aliphatic heterocycles. The summed E-state index contributed by atoms with van der Waals surface area (Å²) in [6.45, 7) is 5.56. The zero-order valence-electron chi connectivity index (χ0n) is 12.1. The fraction of sp³-hybridized carbons (Fsp3) is 0.467. The number of benzene rings is 1. The quantitative estimate of drug-likeness (QED) is 0.869. The van der Waals surface area contributed by atoms with E-state index in [4.69, 9.17) is 9.84 Å². The zero-order chi connectivity index (χ0) is 15.2. The Morgan fingerprint density at radius 3 is 2.35 bits per heavy atom. The molecule has 1 aromatic carbocycles. The van der Waals surface area contributed by atoms with Gasteiger partial charge in [0.2, 0.25) is 0 Å². The highest BCUT2D eigenvalue weighted by Crippen LogP contribution is 2.18. The summed E-state index contributed by atoms with van der Waals surface area (Å²) in [5.74, 6) is -1.17. The van der Waals surface area contributed by atoms with Crippen molar-refractivity contribution in [3.63, 3.8) is 0 Å². The van der Waals surface area contributed by atoms with Crippen LogP contribution in [0.5, 0.6) is 0 Å². The minimum Gasteiger partial charge on any atom is -0.481 e. The first kappa shape index (κ1) is 16.0. The van der Waals surface area contributed by atoms with E-state index in [2.05, 4.69) is 5.32 Å². The maximum Gasteiger partial charge on any atom is 0.407 e. The third-order valence-electron chi connectivity index (χ3n) is 2.58. The van der Waals surface area contributed by atoms with Crippen molar-refractivity contribution in [3.8, 4) is 0 Å². The molecule has 0 saturated heterocycles. The topological polar surface area (TPSA) is 75.6 Å². The molecule has 0 spiro atoms. The Balaban J connectivity index is 2.63. The van der Waals surface area contributed by atoms with Gasteiger partial charge in [0.15, 0.2) is 0 Å². The number of ether oxygens (including phenoxy) is 1. The molecule has 0 unspecified atom stereocenters. The monoisotopic (exact) mass is 279 g/mol. The molecule has 5 nitrogen and oxygen atoms in total. The fourth-order valence-electron chi connectivity index (χ4n) is 1.76. The minimum absolute atomic E-state index is 0.0419. The van der Waals surface area contributed by atoms with Crippen LogP contribution in [-0.2, 0) is 9.53 Å². The number of rotatable bonds is 5. The van der Waals surface area contributed by atoms with E-state index in [-0.39, 0.29) is 18.9 Å². The van der Waals surface area contributed by atoms with Crippen LogP contribution in [0.4, 0.5) is 4.79 Å². The van der Waals surface area contributed by atoms with Crippen LogP contribution < -0.4 is 5.32 Å². The molecular weight excluding hydrogens is 258 g/mol. The number of aliphatic carboxylic acids is 1. The number of carboxylic acid groups (broad SMARTS) is 1. The molecule has 20 heavy (non-hydrogen) atoms. The molecule has 0 aliphatic rings. The van der Waals surface area contributed by atoms with Gasteiger partial charge in [-0.05, 0) is 26.3 Å². The molecule has 1 amide bonds. The number of nitrogens with one attached hydrogen (secondary N) is 1. The maximum atomic E-state index is 11.6. The predicted molar refractivity (Wildman–Crippen MR) is 75.7 cm³/mol. The fourth-order valence-corrected chi connectivity index (χ4v) is 1.76. The molecule has 110 valence electrons. The van der Waals surface area contributed by atoms with Gasteiger partial charge in [-0.3, -0.25) is 4.79 Å². The molecule has 0 radical (unpaired) electrons. The van der Waals surface area contributed by atoms with Crippen LogP contribution >= 0.6 is 0 Å². The standard InChI is InChI=1S/C15H21NO4/c1-15(2,3)20-14(19)16-10-12(9-13(17)18)11-7-5-4-6-8-11/h4-8,12H,9-10H2,1-3H3,(H,16,19)(H,17,18)/t12-/m0/s1. The van der Waals surface area contributed by atoms with Gasteiger partial charge >= 0.3 is 12.1 Å². The number of carbonyl (C=O) groups is 2. The lowest BCUT2D eigenvalue weighted by molar-refractivity contribution is -0.137. The first-order valence-electron chi connectivity index (χ1n) is 6.51. The molecule has 1 aromatic rings. The number of hydrogen-bond donors (Lipinski definition) is 2. The van der Waals surface area contributed by atoms with Gasteiger partial charge in [0, 0.05) is 12.5 Å². The van der Waals surface area contributed by atoms with E-state index in [0.29, 0.717) is 0 Å². The molecule has 0 aromatic heterocycles. The Bertz CT molecular complexity index is 451. The highest BCUT2D eigenvalue weighted by molar-refractivity contribution is 5.69. The second-order valence-electron chi connectivity index (χ2n) is 5.59. The first-order valence-corrected chi connectivity index (χ1v) is 6.51. The van der Waals surface area contributed by atoms with Gasteiger partial charge in [-0.25, -0.2) is 4.79 Å². The third kappa shape index (κ3) is 6.22. The average Bonchev–Trinajstić information content (AvgIpc) is 2.33. The van der Waals surface area contributed by atoms with E-state index in [9.17, 15) is 9.59 Å². The summed E-state index contributed by atoms with van der Waals surface area (Å²) < 4.78 is 5.13. The number of carboxylic acids is 1. The maximum absolute atomic E-state index is 11.6. The smallest absolute Gasteiger partial charge is 0.407 e. The Morgan fingerprint density at radius 2 is 1.85 bits per heavy atom. The van der Waals surface area contributed by atoms with E-state index in [0.717, 1.165) is 5.56 Å². The Hall–Kier alpha value is -2.04. The molecule has 0 heterocycles. The molecule has 2 N–H and O–H groups in total.